The minimum Gasteiger partial charge on any atom is -0.495 e. The molecule has 0 aliphatic carbocycles. The maximum Gasteiger partial charge on any atom is 0.301 e. The molecule has 0 aliphatic rings. The van der Waals surface area contributed by atoms with Crippen LogP contribution in [0.5, 0.6) is 5.75 Å². The summed E-state index contributed by atoms with van der Waals surface area (Å²) in [5.41, 5.74) is 0.399. The smallest absolute Gasteiger partial charge is 0.301 e. The number of ether oxygens (including phenoxy) is 1. The first kappa shape index (κ1) is 17.0. The van der Waals surface area contributed by atoms with Crippen molar-refractivity contribution < 1.29 is 13.2 Å². The van der Waals surface area contributed by atoms with E-state index in [0.29, 0.717) is 23.0 Å². The molecule has 0 atom stereocenters. The Morgan fingerprint density at radius 2 is 2.10 bits per heavy atom. The number of benzene rings is 1. The zero-order chi connectivity index (χ0) is 15.2. The summed E-state index contributed by atoms with van der Waals surface area (Å²) in [5, 5.41) is 3.32. The summed E-state index contributed by atoms with van der Waals surface area (Å²) < 4.78 is 32.9. The Hall–Kier alpha value is -1.02. The monoisotopic (exact) mass is 321 g/mol. The largest absolute Gasteiger partial charge is 0.495 e. The number of hydrogen-bond donors (Lipinski definition) is 2. The first-order valence-corrected chi connectivity index (χ1v) is 7.94. The molecule has 0 bridgehead atoms. The fourth-order valence-electron chi connectivity index (χ4n) is 1.56. The molecule has 0 heterocycles. The number of methoxy groups -OCH3 is 1. The van der Waals surface area contributed by atoms with E-state index in [1.807, 2.05) is 7.05 Å². The zero-order valence-corrected chi connectivity index (χ0v) is 13.4. The van der Waals surface area contributed by atoms with Gasteiger partial charge in [0.1, 0.15) is 5.75 Å². The first-order valence-electron chi connectivity index (χ1n) is 6.13. The minimum absolute atomic E-state index is 0.352. The molecule has 0 aromatic heterocycles. The second kappa shape index (κ2) is 7.68. The molecule has 2 N–H and O–H groups in total. The topological polar surface area (TPSA) is 70.7 Å². The Kier molecular flexibility index (Phi) is 6.54. The molecule has 20 heavy (non-hydrogen) atoms. The predicted molar refractivity (Wildman–Crippen MR) is 81.7 cm³/mol. The lowest BCUT2D eigenvalue weighted by Gasteiger charge is -2.18. The van der Waals surface area contributed by atoms with Crippen molar-refractivity contribution in [1.82, 2.24) is 9.62 Å². The standard InChI is InChI=1S/C12H20ClN3O3S/c1-14-7-4-8-16(2)20(17,18)15-10-5-6-12(19-3)11(13)9-10/h5-6,9,14-15H,4,7-8H2,1-3H3. The Morgan fingerprint density at radius 1 is 1.40 bits per heavy atom. The van der Waals surface area contributed by atoms with Gasteiger partial charge in [0.05, 0.1) is 17.8 Å². The Labute approximate surface area is 125 Å². The van der Waals surface area contributed by atoms with Gasteiger partial charge in [-0.05, 0) is 38.2 Å². The number of anilines is 1. The van der Waals surface area contributed by atoms with Crippen molar-refractivity contribution in [3.8, 4) is 5.75 Å². The Morgan fingerprint density at radius 3 is 2.65 bits per heavy atom. The Balaban J connectivity index is 2.72. The predicted octanol–water partition coefficient (Wildman–Crippen LogP) is 1.55. The SMILES string of the molecule is CNCCCN(C)S(=O)(=O)Nc1ccc(OC)c(Cl)c1. The molecule has 6 nitrogen and oxygen atoms in total. The van der Waals surface area contributed by atoms with Crippen molar-refractivity contribution in [3.05, 3.63) is 23.2 Å². The first-order chi connectivity index (χ1) is 9.40. The molecule has 1 aromatic carbocycles. The summed E-state index contributed by atoms with van der Waals surface area (Å²) >= 11 is 5.96. The zero-order valence-electron chi connectivity index (χ0n) is 11.8. The summed E-state index contributed by atoms with van der Waals surface area (Å²) in [7, 11) is 1.28. The van der Waals surface area contributed by atoms with Gasteiger partial charge in [0.15, 0.2) is 0 Å². The van der Waals surface area contributed by atoms with Gasteiger partial charge in [0.25, 0.3) is 0 Å². The van der Waals surface area contributed by atoms with Gasteiger partial charge < -0.3 is 10.1 Å². The number of rotatable bonds is 8. The third-order valence-corrected chi connectivity index (χ3v) is 4.50. The van der Waals surface area contributed by atoms with Crippen LogP contribution < -0.4 is 14.8 Å². The van der Waals surface area contributed by atoms with Crippen LogP contribution in [0.4, 0.5) is 5.69 Å². The molecule has 0 spiro atoms. The molecule has 1 aromatic rings. The van der Waals surface area contributed by atoms with Gasteiger partial charge in [-0.2, -0.15) is 12.7 Å². The van der Waals surface area contributed by atoms with Crippen LogP contribution in [0.15, 0.2) is 18.2 Å². The fourth-order valence-corrected chi connectivity index (χ4v) is 2.76. The molecule has 0 radical (unpaired) electrons. The van der Waals surface area contributed by atoms with E-state index >= 15 is 0 Å². The van der Waals surface area contributed by atoms with Gasteiger partial charge in [-0.3, -0.25) is 4.72 Å². The van der Waals surface area contributed by atoms with E-state index in [-0.39, 0.29) is 0 Å². The molecule has 0 unspecified atom stereocenters. The van der Waals surface area contributed by atoms with Gasteiger partial charge in [-0.15, -0.1) is 0 Å². The van der Waals surface area contributed by atoms with Crippen LogP contribution in [0.2, 0.25) is 5.02 Å². The molecule has 0 saturated carbocycles. The number of nitrogens with zero attached hydrogens (tertiary/aromatic N) is 1. The van der Waals surface area contributed by atoms with Crippen molar-refractivity contribution in [3.63, 3.8) is 0 Å². The minimum atomic E-state index is -3.57. The molecule has 0 saturated heterocycles. The van der Waals surface area contributed by atoms with Crippen LogP contribution in [0, 0.1) is 0 Å². The summed E-state index contributed by atoms with van der Waals surface area (Å²) in [6.07, 6.45) is 0.733. The normalized spacial score (nSPS) is 11.7. The van der Waals surface area contributed by atoms with E-state index in [2.05, 4.69) is 10.0 Å². The highest BCUT2D eigenvalue weighted by Gasteiger charge is 2.17. The molecular formula is C12H20ClN3O3S. The van der Waals surface area contributed by atoms with Gasteiger partial charge in [0, 0.05) is 13.6 Å². The number of nitrogens with one attached hydrogen (secondary N) is 2. The van der Waals surface area contributed by atoms with Crippen molar-refractivity contribution in [2.24, 2.45) is 0 Å². The van der Waals surface area contributed by atoms with Crippen molar-refractivity contribution >= 4 is 27.5 Å². The summed E-state index contributed by atoms with van der Waals surface area (Å²) in [6, 6.07) is 4.73. The van der Waals surface area contributed by atoms with E-state index in [9.17, 15) is 8.42 Å². The van der Waals surface area contributed by atoms with Crippen LogP contribution in [-0.4, -0.2) is 47.0 Å². The maximum absolute atomic E-state index is 12.1. The molecule has 8 heteroatoms. The van der Waals surface area contributed by atoms with E-state index in [1.54, 1.807) is 12.1 Å². The van der Waals surface area contributed by atoms with Crippen molar-refractivity contribution in [2.75, 3.05) is 39.0 Å². The van der Waals surface area contributed by atoms with E-state index in [4.69, 9.17) is 16.3 Å². The quantitative estimate of drug-likeness (QED) is 0.713. The van der Waals surface area contributed by atoms with Crippen LogP contribution in [-0.2, 0) is 10.2 Å². The molecule has 0 fully saturated rings. The van der Waals surface area contributed by atoms with Crippen LogP contribution in [0.3, 0.4) is 0 Å². The molecule has 0 aliphatic heterocycles. The van der Waals surface area contributed by atoms with Crippen molar-refractivity contribution in [2.45, 2.75) is 6.42 Å². The lowest BCUT2D eigenvalue weighted by atomic mass is 10.3. The lowest BCUT2D eigenvalue weighted by molar-refractivity contribution is 0.415. The summed E-state index contributed by atoms with van der Waals surface area (Å²) in [5.74, 6) is 0.497. The van der Waals surface area contributed by atoms with Crippen LogP contribution in [0.25, 0.3) is 0 Å². The van der Waals surface area contributed by atoms with Crippen LogP contribution in [0.1, 0.15) is 6.42 Å². The molecule has 114 valence electrons. The van der Waals surface area contributed by atoms with Crippen LogP contribution >= 0.6 is 11.6 Å². The highest BCUT2D eigenvalue weighted by molar-refractivity contribution is 7.90. The fraction of sp³-hybridized carbons (Fsp3) is 0.500. The average molecular weight is 322 g/mol. The highest BCUT2D eigenvalue weighted by atomic mass is 35.5. The second-order valence-electron chi connectivity index (χ2n) is 4.24. The highest BCUT2D eigenvalue weighted by Crippen LogP contribution is 2.27. The molecular weight excluding hydrogens is 302 g/mol. The van der Waals surface area contributed by atoms with E-state index < -0.39 is 10.2 Å². The van der Waals surface area contributed by atoms with Gasteiger partial charge in [-0.25, -0.2) is 0 Å². The number of hydrogen-bond acceptors (Lipinski definition) is 4. The third-order valence-electron chi connectivity index (χ3n) is 2.71. The van der Waals surface area contributed by atoms with Gasteiger partial charge >= 0.3 is 10.2 Å². The lowest BCUT2D eigenvalue weighted by Crippen LogP contribution is -2.34. The van der Waals surface area contributed by atoms with Gasteiger partial charge in [0.2, 0.25) is 0 Å². The van der Waals surface area contributed by atoms with E-state index in [0.717, 1.165) is 13.0 Å². The average Bonchev–Trinajstić information content (AvgIpc) is 2.38. The van der Waals surface area contributed by atoms with E-state index in [1.165, 1.54) is 24.5 Å². The Bertz CT molecular complexity index is 537. The molecule has 0 amide bonds. The number of halogens is 1. The maximum atomic E-state index is 12.1. The van der Waals surface area contributed by atoms with Gasteiger partial charge in [-0.1, -0.05) is 11.6 Å². The second-order valence-corrected chi connectivity index (χ2v) is 6.42. The van der Waals surface area contributed by atoms with Crippen molar-refractivity contribution in [1.29, 1.82) is 0 Å². The third kappa shape index (κ3) is 4.82. The molecule has 1 rings (SSSR count). The summed E-state index contributed by atoms with van der Waals surface area (Å²) in [6.45, 7) is 1.19. The summed E-state index contributed by atoms with van der Waals surface area (Å²) in [4.78, 5) is 0.